The minimum atomic E-state index is -4.48. The van der Waals surface area contributed by atoms with Gasteiger partial charge in [-0.15, -0.1) is 0 Å². The van der Waals surface area contributed by atoms with Gasteiger partial charge in [0.25, 0.3) is 5.91 Å². The Balaban J connectivity index is 2.13. The monoisotopic (exact) mass is 371 g/mol. The molecule has 2 N–H and O–H groups in total. The van der Waals surface area contributed by atoms with Crippen molar-refractivity contribution in [3.05, 3.63) is 41.6 Å². The van der Waals surface area contributed by atoms with Crippen LogP contribution in [0, 0.1) is 0 Å². The third-order valence-corrected chi connectivity index (χ3v) is 3.32. The van der Waals surface area contributed by atoms with Gasteiger partial charge >= 0.3 is 6.18 Å². The molecule has 0 spiro atoms. The first-order valence-electron chi connectivity index (χ1n) is 7.19. The van der Waals surface area contributed by atoms with Crippen molar-refractivity contribution in [3.8, 4) is 17.2 Å². The van der Waals surface area contributed by atoms with Gasteiger partial charge in [0.1, 0.15) is 5.82 Å². The van der Waals surface area contributed by atoms with Gasteiger partial charge in [-0.3, -0.25) is 15.6 Å². The minimum Gasteiger partial charge on any atom is -0.493 e. The number of rotatable bonds is 6. The molecule has 0 unspecified atom stereocenters. The largest absolute Gasteiger partial charge is 0.493 e. The Labute approximate surface area is 147 Å². The van der Waals surface area contributed by atoms with Crippen molar-refractivity contribution in [2.45, 2.75) is 6.18 Å². The van der Waals surface area contributed by atoms with Crippen LogP contribution in [-0.4, -0.2) is 32.2 Å². The third-order valence-electron chi connectivity index (χ3n) is 3.32. The molecule has 0 aliphatic rings. The van der Waals surface area contributed by atoms with E-state index in [1.54, 1.807) is 0 Å². The molecule has 0 bridgehead atoms. The number of benzene rings is 1. The molecule has 140 valence electrons. The Bertz CT molecular complexity index is 754. The van der Waals surface area contributed by atoms with Crippen LogP contribution in [0.4, 0.5) is 19.0 Å². The predicted molar refractivity (Wildman–Crippen MR) is 86.4 cm³/mol. The van der Waals surface area contributed by atoms with Crippen LogP contribution in [0.5, 0.6) is 17.2 Å². The molecular formula is C16H16F3N3O4. The van der Waals surface area contributed by atoms with Gasteiger partial charge in [0, 0.05) is 11.8 Å². The Morgan fingerprint density at radius 3 is 2.08 bits per heavy atom. The summed E-state index contributed by atoms with van der Waals surface area (Å²) < 4.78 is 53.0. The molecule has 2 rings (SSSR count). The quantitative estimate of drug-likeness (QED) is 0.760. The van der Waals surface area contributed by atoms with Gasteiger partial charge in [-0.05, 0) is 24.3 Å². The summed E-state index contributed by atoms with van der Waals surface area (Å²) in [6, 6.07) is 4.80. The molecule has 10 heteroatoms. The van der Waals surface area contributed by atoms with E-state index in [0.717, 1.165) is 12.1 Å². The van der Waals surface area contributed by atoms with Gasteiger partial charge in [0.05, 0.1) is 26.9 Å². The first kappa shape index (κ1) is 19.2. The maximum absolute atomic E-state index is 12.5. The van der Waals surface area contributed by atoms with Crippen molar-refractivity contribution in [2.75, 3.05) is 26.8 Å². The number of nitrogens with zero attached hydrogens (tertiary/aromatic N) is 1. The van der Waals surface area contributed by atoms with E-state index >= 15 is 0 Å². The molecule has 26 heavy (non-hydrogen) atoms. The number of halogens is 3. The Kier molecular flexibility index (Phi) is 5.75. The molecule has 0 saturated carbocycles. The molecule has 7 nitrogen and oxygen atoms in total. The van der Waals surface area contributed by atoms with E-state index in [4.69, 9.17) is 14.2 Å². The lowest BCUT2D eigenvalue weighted by Crippen LogP contribution is -2.29. The van der Waals surface area contributed by atoms with Crippen molar-refractivity contribution < 1.29 is 32.2 Å². The number of amides is 1. The fourth-order valence-electron chi connectivity index (χ4n) is 2.04. The van der Waals surface area contributed by atoms with Crippen LogP contribution in [0.1, 0.15) is 15.9 Å². The lowest BCUT2D eigenvalue weighted by atomic mass is 10.1. The van der Waals surface area contributed by atoms with Crippen LogP contribution >= 0.6 is 0 Å². The van der Waals surface area contributed by atoms with Gasteiger partial charge in [-0.2, -0.15) is 13.2 Å². The van der Waals surface area contributed by atoms with Crippen molar-refractivity contribution >= 4 is 11.7 Å². The molecule has 1 aromatic carbocycles. The highest BCUT2D eigenvalue weighted by molar-refractivity contribution is 5.96. The fourth-order valence-corrected chi connectivity index (χ4v) is 2.04. The molecule has 2 aromatic rings. The number of carbonyl (C=O) groups excluding carboxylic acids is 1. The van der Waals surface area contributed by atoms with Crippen LogP contribution in [-0.2, 0) is 6.18 Å². The number of hydrogen-bond acceptors (Lipinski definition) is 6. The maximum Gasteiger partial charge on any atom is 0.417 e. The van der Waals surface area contributed by atoms with E-state index in [1.165, 1.54) is 33.5 Å². The van der Waals surface area contributed by atoms with Crippen LogP contribution in [0.2, 0.25) is 0 Å². The summed E-state index contributed by atoms with van der Waals surface area (Å²) in [4.78, 5) is 15.8. The Hall–Kier alpha value is -3.17. The summed E-state index contributed by atoms with van der Waals surface area (Å²) >= 11 is 0. The third kappa shape index (κ3) is 4.26. The zero-order valence-corrected chi connectivity index (χ0v) is 14.1. The average molecular weight is 371 g/mol. The number of ether oxygens (including phenoxy) is 3. The zero-order valence-electron chi connectivity index (χ0n) is 14.1. The Morgan fingerprint density at radius 2 is 1.65 bits per heavy atom. The number of methoxy groups -OCH3 is 3. The minimum absolute atomic E-state index is 0.0405. The number of nitrogens with one attached hydrogen (secondary N) is 2. The number of carbonyl (C=O) groups is 1. The van der Waals surface area contributed by atoms with E-state index < -0.39 is 17.6 Å². The summed E-state index contributed by atoms with van der Waals surface area (Å²) in [5.41, 5.74) is 4.05. The molecule has 1 heterocycles. The standard InChI is InChI=1S/C16H16F3N3O4/c1-24-11-6-9(7-12(25-2)14(11)26-3)15(23)22-21-13-5-4-10(8-20-13)16(17,18)19/h4-8H,1-3H3,(H,20,21)(H,22,23). The van der Waals surface area contributed by atoms with E-state index in [0.29, 0.717) is 11.9 Å². The second-order valence-electron chi connectivity index (χ2n) is 4.92. The molecule has 0 fully saturated rings. The van der Waals surface area contributed by atoms with Gasteiger partial charge < -0.3 is 14.2 Å². The first-order valence-corrected chi connectivity index (χ1v) is 7.19. The van der Waals surface area contributed by atoms with E-state index in [9.17, 15) is 18.0 Å². The molecule has 0 aliphatic carbocycles. The van der Waals surface area contributed by atoms with E-state index in [-0.39, 0.29) is 22.9 Å². The smallest absolute Gasteiger partial charge is 0.417 e. The number of hydrogen-bond donors (Lipinski definition) is 2. The van der Waals surface area contributed by atoms with Crippen LogP contribution < -0.4 is 25.1 Å². The fraction of sp³-hybridized carbons (Fsp3) is 0.250. The highest BCUT2D eigenvalue weighted by Crippen LogP contribution is 2.38. The molecule has 0 atom stereocenters. The topological polar surface area (TPSA) is 81.7 Å². The molecule has 0 aliphatic heterocycles. The van der Waals surface area contributed by atoms with Crippen LogP contribution in [0.15, 0.2) is 30.5 Å². The summed E-state index contributed by atoms with van der Waals surface area (Å²) in [6.07, 6.45) is -3.82. The van der Waals surface area contributed by atoms with Crippen LogP contribution in [0.25, 0.3) is 0 Å². The normalized spacial score (nSPS) is 10.8. The zero-order chi connectivity index (χ0) is 19.3. The highest BCUT2D eigenvalue weighted by atomic mass is 19.4. The van der Waals surface area contributed by atoms with Crippen molar-refractivity contribution in [2.24, 2.45) is 0 Å². The van der Waals surface area contributed by atoms with Gasteiger partial charge in [0.2, 0.25) is 5.75 Å². The number of pyridine rings is 1. The summed E-state index contributed by atoms with van der Waals surface area (Å²) in [7, 11) is 4.24. The molecular weight excluding hydrogens is 355 g/mol. The van der Waals surface area contributed by atoms with Gasteiger partial charge in [-0.1, -0.05) is 0 Å². The lowest BCUT2D eigenvalue weighted by molar-refractivity contribution is -0.137. The first-order chi connectivity index (χ1) is 12.3. The van der Waals surface area contributed by atoms with Gasteiger partial charge in [-0.25, -0.2) is 4.98 Å². The van der Waals surface area contributed by atoms with E-state index in [2.05, 4.69) is 15.8 Å². The summed E-state index contributed by atoms with van der Waals surface area (Å²) in [6.45, 7) is 0. The summed E-state index contributed by atoms with van der Waals surface area (Å²) in [5, 5.41) is 0. The second-order valence-corrected chi connectivity index (χ2v) is 4.92. The van der Waals surface area contributed by atoms with Crippen LogP contribution in [0.3, 0.4) is 0 Å². The highest BCUT2D eigenvalue weighted by Gasteiger charge is 2.30. The molecule has 0 saturated heterocycles. The summed E-state index contributed by atoms with van der Waals surface area (Å²) in [5.74, 6) is 0.350. The number of alkyl halides is 3. The number of anilines is 1. The van der Waals surface area contributed by atoms with Crippen molar-refractivity contribution in [1.82, 2.24) is 10.4 Å². The van der Waals surface area contributed by atoms with E-state index in [1.807, 2.05) is 0 Å². The number of aromatic nitrogens is 1. The Morgan fingerprint density at radius 1 is 1.04 bits per heavy atom. The predicted octanol–water partition coefficient (Wildman–Crippen LogP) is 2.88. The van der Waals surface area contributed by atoms with Crippen molar-refractivity contribution in [3.63, 3.8) is 0 Å². The van der Waals surface area contributed by atoms with Gasteiger partial charge in [0.15, 0.2) is 11.5 Å². The maximum atomic E-state index is 12.5. The SMILES string of the molecule is COc1cc(C(=O)NNc2ccc(C(F)(F)F)cn2)cc(OC)c1OC. The molecule has 0 radical (unpaired) electrons. The molecule has 1 amide bonds. The number of hydrazine groups is 1. The van der Waals surface area contributed by atoms with Crippen molar-refractivity contribution in [1.29, 1.82) is 0 Å². The average Bonchev–Trinajstić information content (AvgIpc) is 2.64. The lowest BCUT2D eigenvalue weighted by Gasteiger charge is -2.14. The molecule has 1 aromatic heterocycles. The second kappa shape index (κ2) is 7.81.